The summed E-state index contributed by atoms with van der Waals surface area (Å²) < 4.78 is 5.00. The number of urea groups is 1. The predicted octanol–water partition coefficient (Wildman–Crippen LogP) is 2.89. The van der Waals surface area contributed by atoms with Crippen molar-refractivity contribution in [3.63, 3.8) is 0 Å². The Morgan fingerprint density at radius 2 is 2.09 bits per heavy atom. The van der Waals surface area contributed by atoms with Gasteiger partial charge in [-0.15, -0.1) is 0 Å². The van der Waals surface area contributed by atoms with E-state index in [9.17, 15) is 14.7 Å². The van der Waals surface area contributed by atoms with Crippen LogP contribution in [0.15, 0.2) is 23.4 Å². The van der Waals surface area contributed by atoms with Gasteiger partial charge >= 0.3 is 12.0 Å². The number of rotatable bonds is 3. The molecule has 6 nitrogen and oxygen atoms in total. The van der Waals surface area contributed by atoms with Gasteiger partial charge in [0.25, 0.3) is 0 Å². The molecular weight excluding hydrogens is 331 g/mol. The quantitative estimate of drug-likeness (QED) is 0.735. The number of benzene rings is 1. The topological polar surface area (TPSA) is 87.7 Å². The largest absolute Gasteiger partial charge is 0.506 e. The van der Waals surface area contributed by atoms with Gasteiger partial charge in [0.1, 0.15) is 5.75 Å². The number of phenolic OH excluding ortho intramolecular Hbond substituents is 1. The first-order valence-electron chi connectivity index (χ1n) is 6.48. The van der Waals surface area contributed by atoms with Gasteiger partial charge in [0.2, 0.25) is 0 Å². The average Bonchev–Trinajstić information content (AvgIpc) is 2.42. The Bertz CT molecular complexity index is 673. The van der Waals surface area contributed by atoms with E-state index in [4.69, 9.17) is 27.9 Å². The summed E-state index contributed by atoms with van der Waals surface area (Å²) in [5.41, 5.74) is 0.729. The van der Waals surface area contributed by atoms with Gasteiger partial charge in [-0.05, 0) is 26.0 Å². The van der Waals surface area contributed by atoms with Gasteiger partial charge < -0.3 is 20.5 Å². The van der Waals surface area contributed by atoms with Crippen LogP contribution in [-0.2, 0) is 9.53 Å². The minimum absolute atomic E-state index is 0.0242. The highest BCUT2D eigenvalue weighted by atomic mass is 35.5. The summed E-state index contributed by atoms with van der Waals surface area (Å²) in [4.78, 5) is 23.9. The third kappa shape index (κ3) is 3.13. The van der Waals surface area contributed by atoms with Crippen molar-refractivity contribution in [3.05, 3.63) is 39.0 Å². The van der Waals surface area contributed by atoms with E-state index >= 15 is 0 Å². The van der Waals surface area contributed by atoms with E-state index in [-0.39, 0.29) is 33.5 Å². The van der Waals surface area contributed by atoms with Crippen LogP contribution in [0.3, 0.4) is 0 Å². The number of esters is 1. The number of ether oxygens (including phenoxy) is 1. The van der Waals surface area contributed by atoms with Crippen molar-refractivity contribution in [1.82, 2.24) is 10.6 Å². The van der Waals surface area contributed by atoms with E-state index in [1.165, 1.54) is 12.1 Å². The van der Waals surface area contributed by atoms with Crippen LogP contribution in [0.2, 0.25) is 10.0 Å². The summed E-state index contributed by atoms with van der Waals surface area (Å²) >= 11 is 11.9. The molecular formula is C14H14Cl2N2O4. The maximum Gasteiger partial charge on any atom is 0.338 e. The van der Waals surface area contributed by atoms with Gasteiger partial charge in [-0.3, -0.25) is 0 Å². The number of carbonyl (C=O) groups excluding carboxylic acids is 2. The number of halogens is 2. The molecule has 0 radical (unpaired) electrons. The van der Waals surface area contributed by atoms with Gasteiger partial charge in [-0.1, -0.05) is 23.2 Å². The highest BCUT2D eigenvalue weighted by Crippen LogP contribution is 2.39. The molecule has 3 N–H and O–H groups in total. The fourth-order valence-electron chi connectivity index (χ4n) is 2.21. The van der Waals surface area contributed by atoms with Crippen molar-refractivity contribution in [1.29, 1.82) is 0 Å². The van der Waals surface area contributed by atoms with Gasteiger partial charge in [-0.2, -0.15) is 0 Å². The van der Waals surface area contributed by atoms with Crippen LogP contribution in [0.1, 0.15) is 25.5 Å². The molecule has 118 valence electrons. The standard InChI is InChI=1S/C14H14Cl2N2O4/c1-3-22-13(20)10-6(2)17-14(21)18-11(10)8-4-7(15)5-9(16)12(8)19/h4-5,11,19H,3H2,1-2H3,(H2,17,18,21). The highest BCUT2D eigenvalue weighted by Gasteiger charge is 2.34. The van der Waals surface area contributed by atoms with Crippen LogP contribution >= 0.6 is 23.2 Å². The monoisotopic (exact) mass is 344 g/mol. The Morgan fingerprint density at radius 3 is 2.73 bits per heavy atom. The zero-order valence-electron chi connectivity index (χ0n) is 11.9. The van der Waals surface area contributed by atoms with Crippen molar-refractivity contribution in [2.24, 2.45) is 0 Å². The summed E-state index contributed by atoms with van der Waals surface area (Å²) in [5.74, 6) is -0.860. The van der Waals surface area contributed by atoms with Gasteiger partial charge in [0, 0.05) is 16.3 Å². The molecule has 1 aromatic carbocycles. The number of hydrogen-bond donors (Lipinski definition) is 3. The maximum atomic E-state index is 12.2. The van der Waals surface area contributed by atoms with Gasteiger partial charge in [0.05, 0.1) is 23.2 Å². The number of carbonyl (C=O) groups is 2. The first-order chi connectivity index (χ1) is 10.3. The minimum Gasteiger partial charge on any atom is -0.506 e. The predicted molar refractivity (Wildman–Crippen MR) is 81.9 cm³/mol. The van der Waals surface area contributed by atoms with E-state index in [0.717, 1.165) is 0 Å². The fourth-order valence-corrected chi connectivity index (χ4v) is 2.72. The molecule has 0 fully saturated rings. The molecule has 0 aliphatic carbocycles. The lowest BCUT2D eigenvalue weighted by Crippen LogP contribution is -2.45. The number of nitrogens with one attached hydrogen (secondary N) is 2. The molecule has 1 atom stereocenters. The van der Waals surface area contributed by atoms with Crippen LogP contribution in [0.4, 0.5) is 4.79 Å². The summed E-state index contributed by atoms with van der Waals surface area (Å²) in [6.07, 6.45) is 0. The Kier molecular flexibility index (Phi) is 4.83. The zero-order valence-corrected chi connectivity index (χ0v) is 13.4. The molecule has 8 heteroatoms. The summed E-state index contributed by atoms with van der Waals surface area (Å²) in [5, 5.41) is 15.5. The van der Waals surface area contributed by atoms with Crippen molar-refractivity contribution in [2.45, 2.75) is 19.9 Å². The third-order valence-electron chi connectivity index (χ3n) is 3.13. The molecule has 1 aliphatic heterocycles. The van der Waals surface area contributed by atoms with E-state index in [0.29, 0.717) is 5.70 Å². The van der Waals surface area contributed by atoms with Crippen LogP contribution in [-0.4, -0.2) is 23.7 Å². The number of phenols is 1. The van der Waals surface area contributed by atoms with Crippen LogP contribution in [0, 0.1) is 0 Å². The molecule has 0 spiro atoms. The molecule has 0 saturated carbocycles. The molecule has 1 unspecified atom stereocenters. The lowest BCUT2D eigenvalue weighted by atomic mass is 9.95. The Labute approximate surface area is 137 Å². The van der Waals surface area contributed by atoms with E-state index in [1.807, 2.05) is 0 Å². The average molecular weight is 345 g/mol. The SMILES string of the molecule is CCOC(=O)C1=C(C)NC(=O)NC1c1cc(Cl)cc(Cl)c1O. The lowest BCUT2D eigenvalue weighted by molar-refractivity contribution is -0.139. The second-order valence-corrected chi connectivity index (χ2v) is 5.46. The first-order valence-corrected chi connectivity index (χ1v) is 7.24. The van der Waals surface area contributed by atoms with Gasteiger partial charge in [-0.25, -0.2) is 9.59 Å². The van der Waals surface area contributed by atoms with Crippen molar-refractivity contribution in [2.75, 3.05) is 6.61 Å². The van der Waals surface area contributed by atoms with Crippen LogP contribution < -0.4 is 10.6 Å². The highest BCUT2D eigenvalue weighted by molar-refractivity contribution is 6.35. The second-order valence-electron chi connectivity index (χ2n) is 4.62. The van der Waals surface area contributed by atoms with Crippen molar-refractivity contribution >= 4 is 35.2 Å². The van der Waals surface area contributed by atoms with Crippen molar-refractivity contribution < 1.29 is 19.4 Å². The molecule has 2 rings (SSSR count). The number of allylic oxidation sites excluding steroid dienone is 1. The normalized spacial score (nSPS) is 17.8. The summed E-state index contributed by atoms with van der Waals surface area (Å²) in [6.45, 7) is 3.42. The fraction of sp³-hybridized carbons (Fsp3) is 0.286. The molecule has 1 heterocycles. The molecule has 2 amide bonds. The lowest BCUT2D eigenvalue weighted by Gasteiger charge is -2.28. The Balaban J connectivity index is 2.58. The Hall–Kier alpha value is -1.92. The van der Waals surface area contributed by atoms with E-state index in [2.05, 4.69) is 10.6 Å². The van der Waals surface area contributed by atoms with Gasteiger partial charge in [0.15, 0.2) is 0 Å². The molecule has 22 heavy (non-hydrogen) atoms. The minimum atomic E-state index is -0.913. The van der Waals surface area contributed by atoms with Crippen LogP contribution in [0.25, 0.3) is 0 Å². The summed E-state index contributed by atoms with van der Waals surface area (Å²) in [6, 6.07) is 1.38. The Morgan fingerprint density at radius 1 is 1.41 bits per heavy atom. The summed E-state index contributed by atoms with van der Waals surface area (Å²) in [7, 11) is 0. The number of aromatic hydroxyl groups is 1. The first kappa shape index (κ1) is 16.5. The molecule has 0 aromatic heterocycles. The smallest absolute Gasteiger partial charge is 0.338 e. The maximum absolute atomic E-state index is 12.2. The van der Waals surface area contributed by atoms with Crippen molar-refractivity contribution in [3.8, 4) is 5.75 Å². The zero-order chi connectivity index (χ0) is 16.4. The van der Waals surface area contributed by atoms with E-state index < -0.39 is 18.0 Å². The third-order valence-corrected chi connectivity index (χ3v) is 3.64. The molecule has 0 bridgehead atoms. The molecule has 0 saturated heterocycles. The molecule has 1 aliphatic rings. The van der Waals surface area contributed by atoms with E-state index in [1.54, 1.807) is 13.8 Å². The molecule has 1 aromatic rings. The number of hydrogen-bond acceptors (Lipinski definition) is 4. The second kappa shape index (κ2) is 6.46. The number of amides is 2. The van der Waals surface area contributed by atoms with Crippen LogP contribution in [0.5, 0.6) is 5.75 Å².